The van der Waals surface area contributed by atoms with Crippen molar-refractivity contribution in [2.45, 2.75) is 23.0 Å². The zero-order chi connectivity index (χ0) is 10.6. The lowest BCUT2D eigenvalue weighted by Crippen LogP contribution is -3.10. The minimum absolute atomic E-state index is 0.254. The van der Waals surface area contributed by atoms with E-state index in [4.69, 9.17) is 4.74 Å². The summed E-state index contributed by atoms with van der Waals surface area (Å²) in [4.78, 5) is 12.9. The third-order valence-electron chi connectivity index (χ3n) is 2.36. The molecule has 0 aromatic rings. The molecular formula is C9H16Br2NO2+. The Kier molecular flexibility index (Phi) is 4.87. The van der Waals surface area contributed by atoms with Gasteiger partial charge in [0, 0.05) is 12.8 Å². The van der Waals surface area contributed by atoms with Crippen molar-refractivity contribution < 1.29 is 14.4 Å². The van der Waals surface area contributed by atoms with Crippen molar-refractivity contribution in [3.05, 3.63) is 0 Å². The Hall–Kier alpha value is 0.390. The number of ether oxygens (including phenoxy) is 1. The third kappa shape index (κ3) is 4.28. The number of rotatable bonds is 4. The van der Waals surface area contributed by atoms with Gasteiger partial charge in [0.05, 0.1) is 13.1 Å². The fourth-order valence-corrected chi connectivity index (χ4v) is 1.77. The van der Waals surface area contributed by atoms with Gasteiger partial charge in [-0.05, 0) is 6.92 Å². The van der Waals surface area contributed by atoms with Crippen molar-refractivity contribution in [2.24, 2.45) is 0 Å². The fraction of sp³-hybridized carbons (Fsp3) is 0.889. The van der Waals surface area contributed by atoms with Gasteiger partial charge in [-0.15, -0.1) is 0 Å². The molecule has 0 aromatic carbocycles. The summed E-state index contributed by atoms with van der Waals surface area (Å²) in [5.74, 6) is -0.254. The summed E-state index contributed by atoms with van der Waals surface area (Å²) >= 11 is 6.39. The summed E-state index contributed by atoms with van der Waals surface area (Å²) in [5, 5.41) is 0. The fourth-order valence-electron chi connectivity index (χ4n) is 1.54. The van der Waals surface area contributed by atoms with Gasteiger partial charge in [0.25, 0.3) is 0 Å². The van der Waals surface area contributed by atoms with Gasteiger partial charge < -0.3 is 9.64 Å². The van der Waals surface area contributed by atoms with Crippen LogP contribution in [0.15, 0.2) is 0 Å². The highest BCUT2D eigenvalue weighted by atomic mass is 79.9. The van der Waals surface area contributed by atoms with Gasteiger partial charge in [-0.1, -0.05) is 31.9 Å². The summed E-state index contributed by atoms with van der Waals surface area (Å²) in [6, 6.07) is 0. The summed E-state index contributed by atoms with van der Waals surface area (Å²) in [7, 11) is 0. The Morgan fingerprint density at radius 1 is 1.43 bits per heavy atom. The van der Waals surface area contributed by atoms with Crippen LogP contribution in [0.2, 0.25) is 0 Å². The van der Waals surface area contributed by atoms with E-state index in [-0.39, 0.29) is 5.97 Å². The van der Waals surface area contributed by atoms with E-state index in [0.29, 0.717) is 6.61 Å². The Labute approximate surface area is 101 Å². The van der Waals surface area contributed by atoms with Gasteiger partial charge in [-0.3, -0.25) is 0 Å². The van der Waals surface area contributed by atoms with E-state index in [1.54, 1.807) is 11.8 Å². The molecule has 14 heavy (non-hydrogen) atoms. The Morgan fingerprint density at radius 3 is 2.50 bits per heavy atom. The van der Waals surface area contributed by atoms with Crippen LogP contribution in [0, 0.1) is 0 Å². The first-order valence-corrected chi connectivity index (χ1v) is 6.47. The second kappa shape index (κ2) is 5.47. The highest BCUT2D eigenvalue weighted by Crippen LogP contribution is 2.26. The second-order valence-corrected chi connectivity index (χ2v) is 7.97. The molecule has 0 bridgehead atoms. The normalized spacial score (nSPS) is 18.5. The number of hydrogen-bond acceptors (Lipinski definition) is 2. The van der Waals surface area contributed by atoms with Crippen molar-refractivity contribution in [2.75, 3.05) is 26.2 Å². The molecule has 1 aliphatic heterocycles. The summed E-state index contributed by atoms with van der Waals surface area (Å²) in [6.45, 7) is 5.61. The summed E-state index contributed by atoms with van der Waals surface area (Å²) in [6.07, 6.45) is 2.61. The number of alkyl halides is 2. The quantitative estimate of drug-likeness (QED) is 0.608. The number of hydrogen-bond donors (Lipinski definition) is 1. The monoisotopic (exact) mass is 328 g/mol. The topological polar surface area (TPSA) is 30.7 Å². The van der Waals surface area contributed by atoms with Crippen LogP contribution in [0.4, 0.5) is 0 Å². The summed E-state index contributed by atoms with van der Waals surface area (Å²) < 4.78 is 4.38. The smallest absolute Gasteiger partial charge is 0.333 e. The molecule has 0 aromatic heterocycles. The van der Waals surface area contributed by atoms with Gasteiger partial charge in [0.15, 0.2) is 3.23 Å². The molecule has 0 aliphatic carbocycles. The molecule has 3 nitrogen and oxygen atoms in total. The van der Waals surface area contributed by atoms with E-state index >= 15 is 0 Å². The Balaban J connectivity index is 2.11. The maximum atomic E-state index is 11.3. The highest BCUT2D eigenvalue weighted by molar-refractivity contribution is 9.25. The molecule has 0 amide bonds. The first kappa shape index (κ1) is 12.5. The van der Waals surface area contributed by atoms with Gasteiger partial charge in [0.2, 0.25) is 0 Å². The van der Waals surface area contributed by atoms with E-state index in [0.717, 1.165) is 6.54 Å². The number of quaternary nitrogens is 1. The molecule has 1 aliphatic rings. The van der Waals surface area contributed by atoms with E-state index in [1.165, 1.54) is 25.9 Å². The SMILES string of the molecule is CC(Br)(Br)C(=O)OCC[NH+]1CCCC1. The molecular weight excluding hydrogens is 314 g/mol. The number of carbonyl (C=O) groups excluding carboxylic acids is 1. The van der Waals surface area contributed by atoms with Gasteiger partial charge in [-0.2, -0.15) is 0 Å². The molecule has 1 heterocycles. The standard InChI is InChI=1S/C9H15Br2NO2/c1-9(10,11)8(13)14-7-6-12-4-2-3-5-12/h2-7H2,1H3/p+1. The highest BCUT2D eigenvalue weighted by Gasteiger charge is 2.28. The van der Waals surface area contributed by atoms with Crippen molar-refractivity contribution in [1.82, 2.24) is 0 Å². The number of halogens is 2. The molecule has 0 unspecified atom stereocenters. The molecule has 0 atom stereocenters. The first-order chi connectivity index (χ1) is 6.50. The molecule has 0 radical (unpaired) electrons. The molecule has 0 saturated carbocycles. The van der Waals surface area contributed by atoms with Gasteiger partial charge in [-0.25, -0.2) is 4.79 Å². The lowest BCUT2D eigenvalue weighted by molar-refractivity contribution is -0.887. The minimum Gasteiger partial charge on any atom is -0.458 e. The zero-order valence-electron chi connectivity index (χ0n) is 8.32. The predicted octanol–water partition coefficient (Wildman–Crippen LogP) is 0.714. The number of esters is 1. The van der Waals surface area contributed by atoms with Crippen LogP contribution in [-0.2, 0) is 9.53 Å². The molecule has 1 saturated heterocycles. The van der Waals surface area contributed by atoms with Gasteiger partial charge in [0.1, 0.15) is 13.2 Å². The average Bonchev–Trinajstić information content (AvgIpc) is 2.55. The average molecular weight is 330 g/mol. The number of nitrogens with one attached hydrogen (secondary N) is 1. The van der Waals surface area contributed by atoms with Crippen LogP contribution in [0.1, 0.15) is 19.8 Å². The predicted molar refractivity (Wildman–Crippen MR) is 62.0 cm³/mol. The van der Waals surface area contributed by atoms with Crippen LogP contribution in [0.3, 0.4) is 0 Å². The largest absolute Gasteiger partial charge is 0.458 e. The molecule has 82 valence electrons. The van der Waals surface area contributed by atoms with Crippen LogP contribution in [0.5, 0.6) is 0 Å². The van der Waals surface area contributed by atoms with Gasteiger partial charge >= 0.3 is 5.97 Å². The lowest BCUT2D eigenvalue weighted by Gasteiger charge is -2.15. The maximum absolute atomic E-state index is 11.3. The first-order valence-electron chi connectivity index (χ1n) is 4.89. The second-order valence-electron chi connectivity index (χ2n) is 3.73. The van der Waals surface area contributed by atoms with Crippen LogP contribution < -0.4 is 4.90 Å². The third-order valence-corrected chi connectivity index (χ3v) is 3.01. The van der Waals surface area contributed by atoms with Crippen molar-refractivity contribution in [3.8, 4) is 0 Å². The van der Waals surface area contributed by atoms with E-state index in [9.17, 15) is 4.79 Å². The lowest BCUT2D eigenvalue weighted by atomic mass is 10.4. The van der Waals surface area contributed by atoms with E-state index in [1.807, 2.05) is 0 Å². The zero-order valence-corrected chi connectivity index (χ0v) is 11.5. The maximum Gasteiger partial charge on any atom is 0.333 e. The molecule has 0 spiro atoms. The molecule has 1 rings (SSSR count). The van der Waals surface area contributed by atoms with Crippen LogP contribution >= 0.6 is 31.9 Å². The van der Waals surface area contributed by atoms with Crippen molar-refractivity contribution >= 4 is 37.8 Å². The van der Waals surface area contributed by atoms with E-state index < -0.39 is 3.23 Å². The van der Waals surface area contributed by atoms with Crippen LogP contribution in [0.25, 0.3) is 0 Å². The number of carbonyl (C=O) groups is 1. The molecule has 1 fully saturated rings. The Morgan fingerprint density at radius 2 is 2.00 bits per heavy atom. The molecule has 1 N–H and O–H groups in total. The van der Waals surface area contributed by atoms with E-state index in [2.05, 4.69) is 31.9 Å². The van der Waals surface area contributed by atoms with Crippen LogP contribution in [-0.4, -0.2) is 35.4 Å². The van der Waals surface area contributed by atoms with Crippen molar-refractivity contribution in [1.29, 1.82) is 0 Å². The molecule has 5 heteroatoms. The Bertz CT molecular complexity index is 197. The van der Waals surface area contributed by atoms with Crippen molar-refractivity contribution in [3.63, 3.8) is 0 Å². The number of likely N-dealkylation sites (tertiary alicyclic amines) is 1. The summed E-state index contributed by atoms with van der Waals surface area (Å²) in [5.41, 5.74) is 0. The minimum atomic E-state index is -0.736.